The third kappa shape index (κ3) is 3.30. The summed E-state index contributed by atoms with van der Waals surface area (Å²) in [6, 6.07) is 7.82. The molecule has 0 bridgehead atoms. The van der Waals surface area contributed by atoms with Gasteiger partial charge in [-0.1, -0.05) is 12.1 Å². The molecule has 0 saturated heterocycles. The molecule has 0 aliphatic heterocycles. The van der Waals surface area contributed by atoms with Gasteiger partial charge in [0.15, 0.2) is 11.6 Å². The maximum atomic E-state index is 13.8. The van der Waals surface area contributed by atoms with E-state index in [1.165, 1.54) is 10.6 Å². The van der Waals surface area contributed by atoms with Crippen LogP contribution in [0.4, 0.5) is 13.2 Å². The van der Waals surface area contributed by atoms with Gasteiger partial charge in [0.2, 0.25) is 0 Å². The van der Waals surface area contributed by atoms with E-state index in [0.29, 0.717) is 11.6 Å². The fourth-order valence-electron chi connectivity index (χ4n) is 2.80. The number of para-hydroxylation sites is 1. The van der Waals surface area contributed by atoms with Crippen LogP contribution in [0.2, 0.25) is 0 Å². The number of carboxylic acid groups (broad SMARTS) is 1. The molecule has 134 valence electrons. The van der Waals surface area contributed by atoms with E-state index in [-0.39, 0.29) is 24.1 Å². The van der Waals surface area contributed by atoms with Gasteiger partial charge in [0.25, 0.3) is 5.56 Å². The highest BCUT2D eigenvalue weighted by Crippen LogP contribution is 2.19. The lowest BCUT2D eigenvalue weighted by Gasteiger charge is -2.14. The average Bonchev–Trinajstić information content (AvgIpc) is 2.61. The Morgan fingerprint density at radius 1 is 1.04 bits per heavy atom. The molecule has 26 heavy (non-hydrogen) atoms. The van der Waals surface area contributed by atoms with Gasteiger partial charge in [-0.05, 0) is 30.7 Å². The summed E-state index contributed by atoms with van der Waals surface area (Å²) in [5.41, 5.74) is -0.697. The number of aliphatic carboxylic acids is 1. The van der Waals surface area contributed by atoms with Crippen molar-refractivity contribution in [3.63, 3.8) is 0 Å². The Labute approximate surface area is 145 Å². The summed E-state index contributed by atoms with van der Waals surface area (Å²) in [5.74, 6) is -4.52. The number of carboxylic acids is 1. The normalized spacial score (nSPS) is 11.0. The lowest BCUT2D eigenvalue weighted by atomic mass is 10.1. The molecule has 0 unspecified atom stereocenters. The predicted octanol–water partition coefficient (Wildman–Crippen LogP) is 2.68. The van der Waals surface area contributed by atoms with Gasteiger partial charge in [0.1, 0.15) is 18.2 Å². The van der Waals surface area contributed by atoms with Crippen LogP contribution in [0.5, 0.6) is 0 Å². The molecule has 0 saturated carbocycles. The lowest BCUT2D eigenvalue weighted by Crippen LogP contribution is -2.22. The second-order valence-corrected chi connectivity index (χ2v) is 5.65. The highest BCUT2D eigenvalue weighted by atomic mass is 19.2. The fraction of sp³-hybridized carbons (Fsp3) is 0.167. The Balaban J connectivity index is 2.06. The van der Waals surface area contributed by atoms with Crippen molar-refractivity contribution in [2.45, 2.75) is 19.4 Å². The molecule has 0 aliphatic carbocycles. The van der Waals surface area contributed by atoms with Crippen molar-refractivity contribution in [3.05, 3.63) is 75.6 Å². The molecule has 1 aromatic heterocycles. The van der Waals surface area contributed by atoms with Crippen LogP contribution in [-0.2, 0) is 24.2 Å². The number of carbonyl (C=O) groups is 1. The third-order valence-corrected chi connectivity index (χ3v) is 4.00. The van der Waals surface area contributed by atoms with Crippen molar-refractivity contribution >= 4 is 16.9 Å². The second kappa shape index (κ2) is 6.99. The number of halogens is 3. The molecule has 0 radical (unpaired) electrons. The molecule has 0 aliphatic rings. The van der Waals surface area contributed by atoms with E-state index in [1.807, 2.05) is 0 Å². The van der Waals surface area contributed by atoms with Crippen molar-refractivity contribution in [1.29, 1.82) is 0 Å². The molecule has 0 fully saturated rings. The Hall–Kier alpha value is -3.16. The molecule has 8 heteroatoms. The van der Waals surface area contributed by atoms with E-state index in [2.05, 4.69) is 4.98 Å². The van der Waals surface area contributed by atoms with E-state index in [9.17, 15) is 22.8 Å². The molecule has 2 aromatic carbocycles. The number of fused-ring (bicyclic) bond motifs is 1. The maximum Gasteiger partial charge on any atom is 0.323 e. The minimum Gasteiger partial charge on any atom is -0.480 e. The first-order chi connectivity index (χ1) is 12.4. The predicted molar refractivity (Wildman–Crippen MR) is 87.4 cm³/mol. The molecule has 0 amide bonds. The molecule has 3 aromatic rings. The molecule has 0 spiro atoms. The number of aromatic nitrogens is 2. The van der Waals surface area contributed by atoms with E-state index in [4.69, 9.17) is 5.11 Å². The first-order valence-corrected chi connectivity index (χ1v) is 7.71. The first-order valence-electron chi connectivity index (χ1n) is 7.71. The molecule has 3 rings (SSSR count). The highest BCUT2D eigenvalue weighted by Gasteiger charge is 2.17. The molecule has 5 nitrogen and oxygen atoms in total. The number of nitrogens with zero attached hydrogens (tertiary/aromatic N) is 2. The molecule has 1 heterocycles. The maximum absolute atomic E-state index is 13.8. The SMILES string of the molecule is O=C(O)Cn1c(CCc2c(F)ccc(F)c2F)nc(=O)c2ccccc21. The largest absolute Gasteiger partial charge is 0.480 e. The van der Waals surface area contributed by atoms with Gasteiger partial charge in [-0.25, -0.2) is 13.2 Å². The van der Waals surface area contributed by atoms with Crippen molar-refractivity contribution < 1.29 is 23.1 Å². The zero-order valence-electron chi connectivity index (χ0n) is 13.4. The van der Waals surface area contributed by atoms with E-state index in [0.717, 1.165) is 6.07 Å². The third-order valence-electron chi connectivity index (χ3n) is 4.00. The minimum atomic E-state index is -1.31. The average molecular weight is 362 g/mol. The Kier molecular flexibility index (Phi) is 4.75. The summed E-state index contributed by atoms with van der Waals surface area (Å²) in [7, 11) is 0. The van der Waals surface area contributed by atoms with Gasteiger partial charge < -0.3 is 9.67 Å². The van der Waals surface area contributed by atoms with E-state index < -0.39 is 41.1 Å². The van der Waals surface area contributed by atoms with Gasteiger partial charge in [-0.15, -0.1) is 0 Å². The van der Waals surface area contributed by atoms with Crippen molar-refractivity contribution in [1.82, 2.24) is 9.55 Å². The highest BCUT2D eigenvalue weighted by molar-refractivity contribution is 5.79. The Morgan fingerprint density at radius 3 is 2.46 bits per heavy atom. The van der Waals surface area contributed by atoms with E-state index in [1.54, 1.807) is 18.2 Å². The summed E-state index contributed by atoms with van der Waals surface area (Å²) in [4.78, 5) is 27.2. The number of aryl methyl sites for hydroxylation is 1. The minimum absolute atomic E-state index is 0.0548. The lowest BCUT2D eigenvalue weighted by molar-refractivity contribution is -0.137. The van der Waals surface area contributed by atoms with Crippen LogP contribution in [0.3, 0.4) is 0 Å². The van der Waals surface area contributed by atoms with Crippen molar-refractivity contribution in [2.75, 3.05) is 0 Å². The number of benzene rings is 2. The van der Waals surface area contributed by atoms with Crippen LogP contribution < -0.4 is 5.56 Å². The number of hydrogen-bond acceptors (Lipinski definition) is 3. The van der Waals surface area contributed by atoms with Crippen molar-refractivity contribution in [2.24, 2.45) is 0 Å². The molecule has 0 atom stereocenters. The molecular formula is C18H13F3N2O3. The second-order valence-electron chi connectivity index (χ2n) is 5.65. The quantitative estimate of drug-likeness (QED) is 0.709. The monoisotopic (exact) mass is 362 g/mol. The number of rotatable bonds is 5. The first kappa shape index (κ1) is 17.7. The summed E-state index contributed by atoms with van der Waals surface area (Å²) in [5, 5.41) is 9.37. The summed E-state index contributed by atoms with van der Waals surface area (Å²) < 4.78 is 42.2. The summed E-state index contributed by atoms with van der Waals surface area (Å²) >= 11 is 0. The Bertz CT molecular complexity index is 1060. The number of hydrogen-bond donors (Lipinski definition) is 1. The van der Waals surface area contributed by atoms with E-state index >= 15 is 0 Å². The standard InChI is InChI=1S/C18H13F3N2O3/c19-12-6-7-13(20)17(21)10(12)5-8-15-22-18(26)11-3-1-2-4-14(11)23(15)9-16(24)25/h1-4,6-7H,5,8-9H2,(H,24,25). The summed E-state index contributed by atoms with van der Waals surface area (Å²) in [6.07, 6.45) is -0.412. The van der Waals surface area contributed by atoms with Crippen LogP contribution in [0, 0.1) is 17.5 Å². The van der Waals surface area contributed by atoms with Crippen molar-refractivity contribution in [3.8, 4) is 0 Å². The summed E-state index contributed by atoms with van der Waals surface area (Å²) in [6.45, 7) is -0.475. The Morgan fingerprint density at radius 2 is 1.73 bits per heavy atom. The van der Waals surface area contributed by atoms with Gasteiger partial charge in [0.05, 0.1) is 10.9 Å². The zero-order valence-corrected chi connectivity index (χ0v) is 13.4. The smallest absolute Gasteiger partial charge is 0.323 e. The van der Waals surface area contributed by atoms with Gasteiger partial charge in [0, 0.05) is 12.0 Å². The zero-order chi connectivity index (χ0) is 18.8. The molecule has 1 N–H and O–H groups in total. The van der Waals surface area contributed by atoms with Crippen LogP contribution >= 0.6 is 0 Å². The molecular weight excluding hydrogens is 349 g/mol. The van der Waals surface area contributed by atoms with Gasteiger partial charge in [-0.2, -0.15) is 4.98 Å². The van der Waals surface area contributed by atoms with Crippen LogP contribution in [-0.4, -0.2) is 20.6 Å². The van der Waals surface area contributed by atoms with Gasteiger partial charge in [-0.3, -0.25) is 9.59 Å². The topological polar surface area (TPSA) is 72.2 Å². The fourth-order valence-corrected chi connectivity index (χ4v) is 2.80. The van der Waals surface area contributed by atoms with Crippen LogP contribution in [0.15, 0.2) is 41.2 Å². The van der Waals surface area contributed by atoms with Gasteiger partial charge >= 0.3 is 5.97 Å². The van der Waals surface area contributed by atoms with Crippen LogP contribution in [0.1, 0.15) is 11.4 Å². The van der Waals surface area contributed by atoms with Crippen LogP contribution in [0.25, 0.3) is 10.9 Å².